The van der Waals surface area contributed by atoms with Crippen molar-refractivity contribution in [2.45, 2.75) is 51.2 Å². The van der Waals surface area contributed by atoms with E-state index in [1.807, 2.05) is 55.1 Å². The van der Waals surface area contributed by atoms with Crippen LogP contribution < -0.4 is 4.72 Å². The van der Waals surface area contributed by atoms with Gasteiger partial charge in [-0.2, -0.15) is 0 Å². The molecule has 1 saturated carbocycles. The van der Waals surface area contributed by atoms with Gasteiger partial charge in [0, 0.05) is 23.6 Å². The van der Waals surface area contributed by atoms with Crippen molar-refractivity contribution in [3.8, 4) is 11.1 Å². The van der Waals surface area contributed by atoms with E-state index in [1.165, 1.54) is 0 Å². The monoisotopic (exact) mass is 444 g/mol. The Morgan fingerprint density at radius 3 is 2.42 bits per heavy atom. The lowest BCUT2D eigenvalue weighted by molar-refractivity contribution is -0.152. The number of amides is 1. The van der Waals surface area contributed by atoms with E-state index in [-0.39, 0.29) is 36.0 Å². The maximum Gasteiger partial charge on any atom is 0.225 e. The molecule has 2 heterocycles. The van der Waals surface area contributed by atoms with Crippen LogP contribution in [0.25, 0.3) is 11.1 Å². The second kappa shape index (κ2) is 8.36. The second-order valence-electron chi connectivity index (χ2n) is 9.12. The average Bonchev–Trinajstić information content (AvgIpc) is 2.68. The molecule has 5 rings (SSSR count). The number of hydrogen-bond acceptors (Lipinski definition) is 3. The predicted molar refractivity (Wildman–Crippen MR) is 119 cm³/mol. The van der Waals surface area contributed by atoms with Gasteiger partial charge in [0.05, 0.1) is 12.3 Å². The molecule has 1 amide bonds. The number of carbonyl (C=O) groups excluding carboxylic acids is 1. The minimum absolute atomic E-state index is 0.00641. The average molecular weight is 445 g/mol. The third-order valence-electron chi connectivity index (χ3n) is 6.51. The Morgan fingerprint density at radius 1 is 1.13 bits per heavy atom. The fourth-order valence-corrected chi connectivity index (χ4v) is 5.84. The lowest BCUT2D eigenvalue weighted by Gasteiger charge is -2.58. The summed E-state index contributed by atoms with van der Waals surface area (Å²) < 4.78 is 42.5. The lowest BCUT2D eigenvalue weighted by Crippen LogP contribution is -2.70. The van der Waals surface area contributed by atoms with E-state index in [1.54, 1.807) is 12.1 Å². The van der Waals surface area contributed by atoms with Crippen LogP contribution in [0.4, 0.5) is 4.39 Å². The minimum atomic E-state index is -3.47. The van der Waals surface area contributed by atoms with Crippen molar-refractivity contribution in [3.63, 3.8) is 0 Å². The summed E-state index contributed by atoms with van der Waals surface area (Å²) in [6.07, 6.45) is 2.98. The molecule has 3 fully saturated rings. The minimum Gasteiger partial charge on any atom is -0.335 e. The first kappa shape index (κ1) is 22.0. The van der Waals surface area contributed by atoms with Crippen LogP contribution in [0.15, 0.2) is 48.5 Å². The first-order valence-electron chi connectivity index (χ1n) is 10.8. The Bertz CT molecular complexity index is 1070. The highest BCUT2D eigenvalue weighted by Crippen LogP contribution is 2.45. The highest BCUT2D eigenvalue weighted by atomic mass is 32.2. The number of hydrogen-bond donors (Lipinski definition) is 1. The summed E-state index contributed by atoms with van der Waals surface area (Å²) in [5.74, 6) is -0.364. The molecule has 166 valence electrons. The van der Waals surface area contributed by atoms with E-state index < -0.39 is 22.1 Å². The van der Waals surface area contributed by atoms with Crippen LogP contribution in [-0.2, 0) is 21.2 Å². The van der Waals surface area contributed by atoms with Gasteiger partial charge in [-0.1, -0.05) is 62.4 Å². The Kier molecular flexibility index (Phi) is 5.92. The van der Waals surface area contributed by atoms with Crippen molar-refractivity contribution in [1.82, 2.24) is 9.62 Å². The van der Waals surface area contributed by atoms with Gasteiger partial charge in [-0.15, -0.1) is 0 Å². The summed E-state index contributed by atoms with van der Waals surface area (Å²) in [6, 6.07) is 13.9. The number of sulfonamides is 1. The molecule has 2 bridgehead atoms. The lowest BCUT2D eigenvalue weighted by atomic mass is 9.66. The number of benzene rings is 2. The Morgan fingerprint density at radius 2 is 1.81 bits per heavy atom. The van der Waals surface area contributed by atoms with Crippen molar-refractivity contribution in [2.24, 2.45) is 11.8 Å². The summed E-state index contributed by atoms with van der Waals surface area (Å²) in [4.78, 5) is 14.9. The normalized spacial score (nSPS) is 25.4. The Hall–Kier alpha value is -2.25. The quantitative estimate of drug-likeness (QED) is 0.740. The van der Waals surface area contributed by atoms with Crippen LogP contribution in [0.3, 0.4) is 0 Å². The van der Waals surface area contributed by atoms with Crippen LogP contribution in [0, 0.1) is 17.7 Å². The van der Waals surface area contributed by atoms with Crippen molar-refractivity contribution >= 4 is 15.9 Å². The number of rotatable bonds is 6. The van der Waals surface area contributed by atoms with Gasteiger partial charge >= 0.3 is 0 Å². The molecular weight excluding hydrogens is 415 g/mol. The van der Waals surface area contributed by atoms with Crippen LogP contribution in [0.2, 0.25) is 0 Å². The molecule has 0 unspecified atom stereocenters. The Labute approximate surface area is 183 Å². The molecule has 1 N–H and O–H groups in total. The van der Waals surface area contributed by atoms with Gasteiger partial charge in [-0.25, -0.2) is 17.5 Å². The van der Waals surface area contributed by atoms with Gasteiger partial charge in [0.25, 0.3) is 0 Å². The number of piperidine rings is 2. The van der Waals surface area contributed by atoms with E-state index in [0.717, 1.165) is 24.7 Å². The zero-order valence-corrected chi connectivity index (χ0v) is 18.9. The second-order valence-corrected chi connectivity index (χ2v) is 10.9. The zero-order chi connectivity index (χ0) is 22.3. The molecule has 7 heteroatoms. The fraction of sp³-hybridized carbons (Fsp3) is 0.458. The molecular formula is C24H29FN2O3S. The van der Waals surface area contributed by atoms with Crippen molar-refractivity contribution in [3.05, 3.63) is 59.9 Å². The van der Waals surface area contributed by atoms with E-state index in [0.29, 0.717) is 11.1 Å². The van der Waals surface area contributed by atoms with Crippen LogP contribution in [0.5, 0.6) is 0 Å². The predicted octanol–water partition coefficient (Wildman–Crippen LogP) is 3.60. The molecule has 2 aliphatic heterocycles. The molecule has 1 aliphatic carbocycles. The van der Waals surface area contributed by atoms with Crippen LogP contribution in [0.1, 0.15) is 32.3 Å². The zero-order valence-electron chi connectivity index (χ0n) is 18.1. The van der Waals surface area contributed by atoms with Gasteiger partial charge < -0.3 is 4.90 Å². The van der Waals surface area contributed by atoms with Crippen LogP contribution in [-0.4, -0.2) is 43.6 Å². The SMILES string of the molecule is CC(C)C(=O)N1C2CC(C2)[C@H](NS(C)(=O)=O)[C@@H]1Cc1cccc(-c2ccccc2)c1F. The summed E-state index contributed by atoms with van der Waals surface area (Å²) in [7, 11) is -3.47. The standard InChI is InChI=1S/C24H29FN2O3S/c1-15(2)24(28)27-19-12-18(13-19)23(26-31(3,29)30)21(27)14-17-10-7-11-20(22(17)25)16-8-5-4-6-9-16/h4-11,15,18-19,21,23,26H,12-14H2,1-3H3/t18?,19?,21-,23-/m0/s1. The molecule has 2 aromatic carbocycles. The summed E-state index contributed by atoms with van der Waals surface area (Å²) in [5.41, 5.74) is 1.79. The number of fused-ring (bicyclic) bond motifs is 2. The Balaban J connectivity index is 1.71. The van der Waals surface area contributed by atoms with Gasteiger partial charge in [-0.3, -0.25) is 4.79 Å². The number of nitrogens with zero attached hydrogens (tertiary/aromatic N) is 1. The first-order chi connectivity index (χ1) is 14.7. The van der Waals surface area contributed by atoms with Gasteiger partial charge in [0.2, 0.25) is 15.9 Å². The van der Waals surface area contributed by atoms with Gasteiger partial charge in [-0.05, 0) is 36.3 Å². The highest BCUT2D eigenvalue weighted by Gasteiger charge is 2.53. The first-order valence-corrected chi connectivity index (χ1v) is 12.7. The number of nitrogens with one attached hydrogen (secondary N) is 1. The summed E-state index contributed by atoms with van der Waals surface area (Å²) >= 11 is 0. The molecule has 3 aliphatic rings. The van der Waals surface area contributed by atoms with E-state index in [9.17, 15) is 13.2 Å². The topological polar surface area (TPSA) is 66.5 Å². The van der Waals surface area contributed by atoms with E-state index >= 15 is 4.39 Å². The molecule has 2 saturated heterocycles. The van der Waals surface area contributed by atoms with Crippen molar-refractivity contribution in [2.75, 3.05) is 6.26 Å². The maximum atomic E-state index is 15.5. The number of carbonyl (C=O) groups is 1. The molecule has 31 heavy (non-hydrogen) atoms. The number of halogens is 1. The maximum absolute atomic E-state index is 15.5. The van der Waals surface area contributed by atoms with E-state index in [2.05, 4.69) is 4.72 Å². The van der Waals surface area contributed by atoms with Gasteiger partial charge in [0.1, 0.15) is 5.82 Å². The molecule has 2 atom stereocenters. The molecule has 5 nitrogen and oxygen atoms in total. The molecule has 0 spiro atoms. The largest absolute Gasteiger partial charge is 0.335 e. The summed E-state index contributed by atoms with van der Waals surface area (Å²) in [6.45, 7) is 3.69. The fourth-order valence-electron chi connectivity index (χ4n) is 5.00. The van der Waals surface area contributed by atoms with Crippen molar-refractivity contribution in [1.29, 1.82) is 0 Å². The smallest absolute Gasteiger partial charge is 0.225 e. The molecule has 0 aromatic heterocycles. The van der Waals surface area contributed by atoms with Crippen LogP contribution >= 0.6 is 0 Å². The third-order valence-corrected chi connectivity index (χ3v) is 7.21. The third kappa shape index (κ3) is 4.39. The molecule has 0 radical (unpaired) electrons. The summed E-state index contributed by atoms with van der Waals surface area (Å²) in [5, 5.41) is 0. The van der Waals surface area contributed by atoms with Gasteiger partial charge in [0.15, 0.2) is 0 Å². The highest BCUT2D eigenvalue weighted by molar-refractivity contribution is 7.88. The van der Waals surface area contributed by atoms with Crippen molar-refractivity contribution < 1.29 is 17.6 Å². The van der Waals surface area contributed by atoms with E-state index in [4.69, 9.17) is 0 Å². The molecule has 2 aromatic rings.